The highest BCUT2D eigenvalue weighted by atomic mass is 35.5. The van der Waals surface area contributed by atoms with Gasteiger partial charge in [-0.05, 0) is 48.2 Å². The van der Waals surface area contributed by atoms with Gasteiger partial charge in [0, 0.05) is 23.4 Å². The number of amides is 2. The van der Waals surface area contributed by atoms with Crippen LogP contribution in [0.4, 0.5) is 11.4 Å². The molecule has 32 heavy (non-hydrogen) atoms. The molecule has 7 nitrogen and oxygen atoms in total. The number of carbonyl (C=O) groups is 2. The molecule has 0 fully saturated rings. The van der Waals surface area contributed by atoms with Crippen LogP contribution in [-0.4, -0.2) is 32.3 Å². The van der Waals surface area contributed by atoms with Crippen LogP contribution in [0.3, 0.4) is 0 Å². The molecule has 2 amide bonds. The third-order valence-electron chi connectivity index (χ3n) is 4.89. The quantitative estimate of drug-likeness (QED) is 0.460. The molecule has 9 heteroatoms. The molecule has 168 valence electrons. The lowest BCUT2D eigenvalue weighted by Gasteiger charge is -2.09. The predicted octanol–water partition coefficient (Wildman–Crippen LogP) is 4.81. The average molecular weight is 472 g/mol. The maximum atomic E-state index is 12.4. The second kappa shape index (κ2) is 10.7. The zero-order valence-corrected chi connectivity index (χ0v) is 20.0. The number of thioether (sulfide) groups is 1. The minimum atomic E-state index is -0.223. The van der Waals surface area contributed by atoms with E-state index in [4.69, 9.17) is 11.6 Å². The first kappa shape index (κ1) is 23.8. The van der Waals surface area contributed by atoms with Crippen LogP contribution >= 0.6 is 23.4 Å². The van der Waals surface area contributed by atoms with E-state index < -0.39 is 0 Å². The van der Waals surface area contributed by atoms with Crippen LogP contribution in [0.5, 0.6) is 0 Å². The minimum absolute atomic E-state index is 0.0595. The minimum Gasteiger partial charge on any atom is -0.326 e. The number of hydrogen-bond donors (Lipinski definition) is 2. The van der Waals surface area contributed by atoms with Crippen molar-refractivity contribution in [3.05, 3.63) is 64.4 Å². The topological polar surface area (TPSA) is 88.9 Å². The fourth-order valence-corrected chi connectivity index (χ4v) is 3.83. The summed E-state index contributed by atoms with van der Waals surface area (Å²) >= 11 is 7.37. The standard InChI is InChI=1S/C23H26ClN5O2S/c1-14(2)16-6-9-17(10-7-16)25-22(31)13-32-23-28-27-20(29(23)4)12-21(30)26-18-8-5-15(3)19(24)11-18/h5-11,14H,12-13H2,1-4H3,(H,25,31)(H,26,30). The highest BCUT2D eigenvalue weighted by molar-refractivity contribution is 7.99. The zero-order valence-electron chi connectivity index (χ0n) is 18.5. The van der Waals surface area contributed by atoms with Gasteiger partial charge in [-0.25, -0.2) is 0 Å². The van der Waals surface area contributed by atoms with E-state index >= 15 is 0 Å². The summed E-state index contributed by atoms with van der Waals surface area (Å²) in [5.74, 6) is 0.780. The van der Waals surface area contributed by atoms with E-state index in [9.17, 15) is 9.59 Å². The van der Waals surface area contributed by atoms with Gasteiger partial charge in [0.05, 0.1) is 12.2 Å². The zero-order chi connectivity index (χ0) is 23.3. The molecule has 2 aromatic carbocycles. The number of nitrogens with one attached hydrogen (secondary N) is 2. The lowest BCUT2D eigenvalue weighted by molar-refractivity contribution is -0.116. The molecular weight excluding hydrogens is 446 g/mol. The Labute approximate surface area is 197 Å². The van der Waals surface area contributed by atoms with Crippen LogP contribution in [-0.2, 0) is 23.1 Å². The SMILES string of the molecule is Cc1ccc(NC(=O)Cc2nnc(SCC(=O)Nc3ccc(C(C)C)cc3)n2C)cc1Cl. The van der Waals surface area contributed by atoms with Gasteiger partial charge < -0.3 is 15.2 Å². The Hall–Kier alpha value is -2.84. The Morgan fingerprint density at radius 1 is 1.03 bits per heavy atom. The molecule has 0 aliphatic rings. The lowest BCUT2D eigenvalue weighted by atomic mass is 10.0. The number of nitrogens with zero attached hydrogens (tertiary/aromatic N) is 3. The van der Waals surface area contributed by atoms with E-state index in [0.29, 0.717) is 27.6 Å². The number of anilines is 2. The van der Waals surface area contributed by atoms with Gasteiger partial charge in [0.1, 0.15) is 5.82 Å². The molecule has 3 aromatic rings. The summed E-state index contributed by atoms with van der Waals surface area (Å²) < 4.78 is 1.72. The molecule has 1 heterocycles. The van der Waals surface area contributed by atoms with Crippen molar-refractivity contribution in [2.75, 3.05) is 16.4 Å². The maximum absolute atomic E-state index is 12.4. The first-order valence-corrected chi connectivity index (χ1v) is 11.6. The van der Waals surface area contributed by atoms with Crippen molar-refractivity contribution in [2.45, 2.75) is 38.3 Å². The third-order valence-corrected chi connectivity index (χ3v) is 6.32. The van der Waals surface area contributed by atoms with Gasteiger partial charge in [-0.1, -0.05) is 55.4 Å². The summed E-state index contributed by atoms with van der Waals surface area (Å²) in [6.45, 7) is 6.15. The van der Waals surface area contributed by atoms with Crippen LogP contribution in [0.15, 0.2) is 47.6 Å². The number of halogens is 1. The highest BCUT2D eigenvalue weighted by Crippen LogP contribution is 2.21. The Morgan fingerprint density at radius 3 is 2.34 bits per heavy atom. The van der Waals surface area contributed by atoms with Gasteiger partial charge in [0.25, 0.3) is 0 Å². The number of aryl methyl sites for hydroxylation is 1. The van der Waals surface area contributed by atoms with E-state index in [1.165, 1.54) is 17.3 Å². The number of hydrogen-bond acceptors (Lipinski definition) is 5. The van der Waals surface area contributed by atoms with E-state index in [0.717, 1.165) is 11.3 Å². The summed E-state index contributed by atoms with van der Waals surface area (Å²) in [5.41, 5.74) is 3.54. The van der Waals surface area contributed by atoms with Gasteiger partial charge >= 0.3 is 0 Å². The van der Waals surface area contributed by atoms with Crippen LogP contribution in [0.25, 0.3) is 0 Å². The van der Waals surface area contributed by atoms with Crippen LogP contribution in [0.2, 0.25) is 5.02 Å². The first-order valence-electron chi connectivity index (χ1n) is 10.2. The smallest absolute Gasteiger partial charge is 0.234 e. The molecule has 0 aliphatic heterocycles. The molecule has 3 rings (SSSR count). The summed E-state index contributed by atoms with van der Waals surface area (Å²) in [6.07, 6.45) is 0.0595. The summed E-state index contributed by atoms with van der Waals surface area (Å²) in [5, 5.41) is 15.0. The number of rotatable bonds is 8. The van der Waals surface area contributed by atoms with Crippen molar-refractivity contribution < 1.29 is 9.59 Å². The average Bonchev–Trinajstić information content (AvgIpc) is 3.09. The van der Waals surface area contributed by atoms with Gasteiger partial charge in [-0.15, -0.1) is 10.2 Å². The van der Waals surface area contributed by atoms with Gasteiger partial charge in [-0.3, -0.25) is 9.59 Å². The van der Waals surface area contributed by atoms with E-state index in [1.54, 1.807) is 23.7 Å². The van der Waals surface area contributed by atoms with E-state index in [2.05, 4.69) is 34.7 Å². The summed E-state index contributed by atoms with van der Waals surface area (Å²) in [6, 6.07) is 13.2. The van der Waals surface area contributed by atoms with Crippen molar-refractivity contribution >= 4 is 46.6 Å². The van der Waals surface area contributed by atoms with Crippen LogP contribution in [0, 0.1) is 6.92 Å². The van der Waals surface area contributed by atoms with Crippen molar-refractivity contribution in [3.8, 4) is 0 Å². The fourth-order valence-electron chi connectivity index (χ4n) is 2.92. The Balaban J connectivity index is 1.52. The largest absolute Gasteiger partial charge is 0.326 e. The number of aromatic nitrogens is 3. The fraction of sp³-hybridized carbons (Fsp3) is 0.304. The third kappa shape index (κ3) is 6.34. The molecule has 0 saturated heterocycles. The monoisotopic (exact) mass is 471 g/mol. The molecule has 0 unspecified atom stereocenters. The second-order valence-electron chi connectivity index (χ2n) is 7.76. The second-order valence-corrected chi connectivity index (χ2v) is 9.11. The molecule has 2 N–H and O–H groups in total. The van der Waals surface area contributed by atoms with Crippen molar-refractivity contribution in [1.82, 2.24) is 14.8 Å². The van der Waals surface area contributed by atoms with E-state index in [-0.39, 0.29) is 24.0 Å². The van der Waals surface area contributed by atoms with Gasteiger partial charge in [0.15, 0.2) is 5.16 Å². The molecule has 0 radical (unpaired) electrons. The molecule has 0 saturated carbocycles. The highest BCUT2D eigenvalue weighted by Gasteiger charge is 2.15. The summed E-state index contributed by atoms with van der Waals surface area (Å²) in [4.78, 5) is 24.7. The van der Waals surface area contributed by atoms with Gasteiger partial charge in [-0.2, -0.15) is 0 Å². The predicted molar refractivity (Wildman–Crippen MR) is 129 cm³/mol. The van der Waals surface area contributed by atoms with Gasteiger partial charge in [0.2, 0.25) is 11.8 Å². The maximum Gasteiger partial charge on any atom is 0.234 e. The molecule has 0 spiro atoms. The normalized spacial score (nSPS) is 10.9. The number of benzene rings is 2. The lowest BCUT2D eigenvalue weighted by Crippen LogP contribution is -2.17. The van der Waals surface area contributed by atoms with Crippen molar-refractivity contribution in [1.29, 1.82) is 0 Å². The number of carbonyl (C=O) groups excluding carboxylic acids is 2. The van der Waals surface area contributed by atoms with Crippen LogP contribution in [0.1, 0.15) is 36.7 Å². The Bertz CT molecular complexity index is 1110. The van der Waals surface area contributed by atoms with Crippen LogP contribution < -0.4 is 10.6 Å². The molecular formula is C23H26ClN5O2S. The van der Waals surface area contributed by atoms with Crippen molar-refractivity contribution in [2.24, 2.45) is 7.05 Å². The van der Waals surface area contributed by atoms with E-state index in [1.807, 2.05) is 37.3 Å². The first-order chi connectivity index (χ1) is 15.2. The molecule has 0 aliphatic carbocycles. The summed E-state index contributed by atoms with van der Waals surface area (Å²) in [7, 11) is 1.77. The molecule has 1 aromatic heterocycles. The molecule has 0 atom stereocenters. The van der Waals surface area contributed by atoms with Crippen molar-refractivity contribution in [3.63, 3.8) is 0 Å². The molecule has 0 bridgehead atoms. The Morgan fingerprint density at radius 2 is 1.69 bits per heavy atom. The Kier molecular flexibility index (Phi) is 7.93.